The van der Waals surface area contributed by atoms with Gasteiger partial charge < -0.3 is 9.47 Å². The van der Waals surface area contributed by atoms with Crippen LogP contribution in [0.4, 0.5) is 18.9 Å². The zero-order chi connectivity index (χ0) is 28.1. The van der Waals surface area contributed by atoms with E-state index in [0.717, 1.165) is 27.8 Å². The average molecular weight is 570 g/mol. The molecule has 0 bridgehead atoms. The van der Waals surface area contributed by atoms with Gasteiger partial charge in [0.05, 0.1) is 19.2 Å². The minimum absolute atomic E-state index is 0.0753. The lowest BCUT2D eigenvalue weighted by atomic mass is 9.73. The molecule has 10 heteroatoms. The first-order valence-electron chi connectivity index (χ1n) is 13.8. The number of piperidine rings is 1. The summed E-state index contributed by atoms with van der Waals surface area (Å²) >= 11 is 6.27. The summed E-state index contributed by atoms with van der Waals surface area (Å²) in [4.78, 5) is 19.8. The Morgan fingerprint density at radius 2 is 1.82 bits per heavy atom. The molecule has 1 aromatic heterocycles. The van der Waals surface area contributed by atoms with Gasteiger partial charge in [-0.15, -0.1) is 0 Å². The number of halogens is 4. The molecule has 0 atom stereocenters. The van der Waals surface area contributed by atoms with Crippen molar-refractivity contribution in [3.05, 3.63) is 64.8 Å². The van der Waals surface area contributed by atoms with Gasteiger partial charge in [-0.05, 0) is 68.2 Å². The number of fused-ring (bicyclic) bond motifs is 3. The minimum Gasteiger partial charge on any atom is -0.343 e. The van der Waals surface area contributed by atoms with Crippen molar-refractivity contribution in [2.75, 3.05) is 37.6 Å². The first-order valence-corrected chi connectivity index (χ1v) is 14.2. The number of hydrogen-bond acceptors (Lipinski definition) is 4. The molecule has 4 heterocycles. The van der Waals surface area contributed by atoms with Crippen LogP contribution in [-0.4, -0.2) is 65.2 Å². The Kier molecular flexibility index (Phi) is 7.06. The van der Waals surface area contributed by atoms with Crippen molar-refractivity contribution in [2.45, 2.75) is 56.4 Å². The third-order valence-electron chi connectivity index (χ3n) is 8.73. The molecule has 2 fully saturated rings. The Labute approximate surface area is 236 Å². The number of nitrogens with zero attached hydrogens (tertiary/aromatic N) is 5. The third kappa shape index (κ3) is 4.87. The van der Waals surface area contributed by atoms with Gasteiger partial charge >= 0.3 is 6.18 Å². The van der Waals surface area contributed by atoms with Gasteiger partial charge in [-0.2, -0.15) is 18.4 Å². The molecule has 6 rings (SSSR count). The normalized spacial score (nSPS) is 19.8. The van der Waals surface area contributed by atoms with Crippen LogP contribution < -0.4 is 4.90 Å². The summed E-state index contributed by atoms with van der Waals surface area (Å²) in [6.07, 6.45) is -1.66. The molecule has 0 saturated carbocycles. The number of nitriles is 1. The van der Waals surface area contributed by atoms with Crippen LogP contribution in [-0.2, 0) is 23.3 Å². The van der Waals surface area contributed by atoms with Crippen LogP contribution in [0.25, 0.3) is 10.9 Å². The zero-order valence-electron chi connectivity index (χ0n) is 22.1. The molecule has 1 amide bonds. The summed E-state index contributed by atoms with van der Waals surface area (Å²) in [5, 5.41) is 10.7. The molecule has 2 saturated heterocycles. The average Bonchev–Trinajstić information content (AvgIpc) is 3.35. The fourth-order valence-electron chi connectivity index (χ4n) is 6.83. The lowest BCUT2D eigenvalue weighted by Gasteiger charge is -2.52. The van der Waals surface area contributed by atoms with Gasteiger partial charge in [0.25, 0.3) is 0 Å². The van der Waals surface area contributed by atoms with Crippen molar-refractivity contribution in [3.8, 4) is 6.07 Å². The highest BCUT2D eigenvalue weighted by molar-refractivity contribution is 6.31. The van der Waals surface area contributed by atoms with E-state index in [2.05, 4.69) is 21.6 Å². The molecular weight excluding hydrogens is 539 g/mol. The first-order chi connectivity index (χ1) is 19.2. The van der Waals surface area contributed by atoms with Crippen LogP contribution >= 0.6 is 11.6 Å². The predicted molar refractivity (Wildman–Crippen MR) is 148 cm³/mol. The predicted octanol–water partition coefficient (Wildman–Crippen LogP) is 5.73. The molecule has 3 aliphatic heterocycles. The quantitative estimate of drug-likeness (QED) is 0.341. The number of unbranched alkanes of at least 4 members (excludes halogenated alkanes) is 1. The van der Waals surface area contributed by atoms with Gasteiger partial charge in [-0.3, -0.25) is 14.6 Å². The Hall–Kier alpha value is -3.06. The smallest absolute Gasteiger partial charge is 0.343 e. The second-order valence-electron chi connectivity index (χ2n) is 11.3. The molecule has 0 radical (unpaired) electrons. The minimum atomic E-state index is -4.18. The molecule has 6 nitrogen and oxygen atoms in total. The number of carbonyl (C=O) groups is 1. The van der Waals surface area contributed by atoms with E-state index < -0.39 is 18.1 Å². The lowest BCUT2D eigenvalue weighted by Crippen LogP contribution is -2.67. The maximum atomic E-state index is 14.1. The van der Waals surface area contributed by atoms with Crippen LogP contribution in [0.1, 0.15) is 36.9 Å². The number of aromatic nitrogens is 1. The van der Waals surface area contributed by atoms with Crippen molar-refractivity contribution >= 4 is 34.1 Å². The highest BCUT2D eigenvalue weighted by Gasteiger charge is 2.59. The molecule has 0 unspecified atom stereocenters. The second kappa shape index (κ2) is 10.4. The fraction of sp³-hybridized carbons (Fsp3) is 0.467. The van der Waals surface area contributed by atoms with E-state index in [9.17, 15) is 18.0 Å². The highest BCUT2D eigenvalue weighted by Crippen LogP contribution is 2.49. The van der Waals surface area contributed by atoms with Crippen LogP contribution in [0.3, 0.4) is 0 Å². The summed E-state index contributed by atoms with van der Waals surface area (Å²) < 4.78 is 40.6. The van der Waals surface area contributed by atoms with Crippen LogP contribution in [0.15, 0.2) is 48.5 Å². The third-order valence-corrected chi connectivity index (χ3v) is 8.96. The summed E-state index contributed by atoms with van der Waals surface area (Å²) in [6.45, 7) is 2.24. The number of benzene rings is 2. The van der Waals surface area contributed by atoms with Crippen molar-refractivity contribution < 1.29 is 18.0 Å². The molecule has 0 aliphatic carbocycles. The first kappa shape index (κ1) is 27.1. The van der Waals surface area contributed by atoms with E-state index in [-0.39, 0.29) is 11.9 Å². The number of para-hydroxylation sites is 1. The summed E-state index contributed by atoms with van der Waals surface area (Å²) in [6, 6.07) is 18.2. The topological polar surface area (TPSA) is 55.5 Å². The molecule has 210 valence electrons. The Bertz CT molecular complexity index is 1460. The second-order valence-corrected chi connectivity index (χ2v) is 11.7. The van der Waals surface area contributed by atoms with Gasteiger partial charge in [0.2, 0.25) is 5.91 Å². The van der Waals surface area contributed by atoms with E-state index in [1.54, 1.807) is 0 Å². The van der Waals surface area contributed by atoms with Gasteiger partial charge in [-0.25, -0.2) is 0 Å². The number of rotatable bonds is 7. The largest absolute Gasteiger partial charge is 0.401 e. The number of anilines is 1. The molecule has 3 aliphatic rings. The highest BCUT2D eigenvalue weighted by atomic mass is 35.5. The maximum Gasteiger partial charge on any atom is 0.401 e. The lowest BCUT2D eigenvalue weighted by molar-refractivity contribution is -0.151. The number of hydrogen-bond donors (Lipinski definition) is 0. The Balaban J connectivity index is 1.22. The Morgan fingerprint density at radius 3 is 2.55 bits per heavy atom. The molecule has 2 aromatic carbocycles. The molecule has 1 spiro atoms. The number of amides is 1. The summed E-state index contributed by atoms with van der Waals surface area (Å²) in [5.41, 5.74) is 3.34. The number of alkyl halides is 3. The van der Waals surface area contributed by atoms with Gasteiger partial charge in [0, 0.05) is 59.4 Å². The van der Waals surface area contributed by atoms with Crippen molar-refractivity contribution in [1.82, 2.24) is 14.4 Å². The van der Waals surface area contributed by atoms with Crippen LogP contribution in [0.5, 0.6) is 0 Å². The number of carbonyl (C=O) groups excluding carboxylic acids is 1. The molecule has 40 heavy (non-hydrogen) atoms. The maximum absolute atomic E-state index is 14.1. The molecular formula is C30H31ClF3N5O. The van der Waals surface area contributed by atoms with Crippen molar-refractivity contribution in [3.63, 3.8) is 0 Å². The number of likely N-dealkylation sites (tertiary alicyclic amines) is 2. The van der Waals surface area contributed by atoms with Crippen LogP contribution in [0.2, 0.25) is 5.02 Å². The summed E-state index contributed by atoms with van der Waals surface area (Å²) in [5.74, 6) is 0.0753. The Morgan fingerprint density at radius 1 is 1.07 bits per heavy atom. The van der Waals surface area contributed by atoms with Crippen LogP contribution in [0, 0.1) is 11.3 Å². The standard InChI is InChI=1S/C30H31ClF3N5O/c31-22-7-8-26-21(15-22)16-24(38(26)12-4-3-11-35)17-39-27-6-2-1-5-25(27)29(28(39)40)18-37(19-29)23-9-13-36(14-10-23)20-30(32,33)34/h1-2,5-8,15-16,23H,3-4,9-10,12-14,17-20H2. The zero-order valence-corrected chi connectivity index (χ0v) is 22.9. The van der Waals surface area contributed by atoms with Gasteiger partial charge in [0.1, 0.15) is 5.41 Å². The van der Waals surface area contributed by atoms with Crippen molar-refractivity contribution in [2.24, 2.45) is 0 Å². The summed E-state index contributed by atoms with van der Waals surface area (Å²) in [7, 11) is 0. The van der Waals surface area contributed by atoms with E-state index in [0.29, 0.717) is 70.0 Å². The van der Waals surface area contributed by atoms with E-state index >= 15 is 0 Å². The van der Waals surface area contributed by atoms with E-state index in [4.69, 9.17) is 16.9 Å². The fourth-order valence-corrected chi connectivity index (χ4v) is 7.01. The SMILES string of the molecule is N#CCCCn1c(CN2C(=O)C3(CN(C4CCN(CC(F)(F)F)CC4)C3)c3ccccc32)cc2cc(Cl)ccc21. The monoisotopic (exact) mass is 569 g/mol. The van der Waals surface area contributed by atoms with Gasteiger partial charge in [0.15, 0.2) is 0 Å². The van der Waals surface area contributed by atoms with Gasteiger partial charge in [-0.1, -0.05) is 29.8 Å². The van der Waals surface area contributed by atoms with Crippen molar-refractivity contribution in [1.29, 1.82) is 5.26 Å². The molecule has 3 aromatic rings. The number of aryl methyl sites for hydroxylation is 1. The van der Waals surface area contributed by atoms with E-state index in [1.165, 1.54) is 4.90 Å². The van der Waals surface area contributed by atoms with E-state index in [1.807, 2.05) is 47.4 Å². The molecule has 0 N–H and O–H groups in total.